The second-order valence-electron chi connectivity index (χ2n) is 4.74. The summed E-state index contributed by atoms with van der Waals surface area (Å²) in [4.78, 5) is 12.1. The van der Waals surface area contributed by atoms with Gasteiger partial charge in [-0.25, -0.2) is 4.79 Å². The minimum absolute atomic E-state index is 0.323. The zero-order chi connectivity index (χ0) is 15.1. The molecule has 0 atom stereocenters. The van der Waals surface area contributed by atoms with Gasteiger partial charge in [-0.2, -0.15) is 0 Å². The highest BCUT2D eigenvalue weighted by molar-refractivity contribution is 9.10. The fourth-order valence-corrected chi connectivity index (χ4v) is 3.39. The molecule has 0 bridgehead atoms. The van der Waals surface area contributed by atoms with E-state index in [-0.39, 0.29) is 0 Å². The Hall–Kier alpha value is -1.26. The van der Waals surface area contributed by atoms with Crippen LogP contribution in [0.1, 0.15) is 28.8 Å². The van der Waals surface area contributed by atoms with Crippen LogP contribution in [0.4, 0.5) is 0 Å². The van der Waals surface area contributed by atoms with Crippen molar-refractivity contribution < 1.29 is 9.90 Å². The molecule has 2 aromatic carbocycles. The summed E-state index contributed by atoms with van der Waals surface area (Å²) in [5.74, 6) is 0.112. The van der Waals surface area contributed by atoms with Gasteiger partial charge < -0.3 is 5.11 Å². The molecule has 0 saturated carbocycles. The molecule has 21 heavy (non-hydrogen) atoms. The number of carbonyl (C=O) groups is 1. The Kier molecular flexibility index (Phi) is 6.33. The highest BCUT2D eigenvalue weighted by Crippen LogP contribution is 2.25. The van der Waals surface area contributed by atoms with Crippen LogP contribution >= 0.6 is 27.7 Å². The summed E-state index contributed by atoms with van der Waals surface area (Å²) < 4.78 is 0.628. The summed E-state index contributed by atoms with van der Waals surface area (Å²) in [7, 11) is 0. The first-order valence-electron chi connectivity index (χ1n) is 6.86. The molecule has 0 radical (unpaired) electrons. The van der Waals surface area contributed by atoms with Crippen LogP contribution in [0.15, 0.2) is 57.9 Å². The smallest absolute Gasteiger partial charge is 0.336 e. The number of aromatic carboxylic acids is 1. The molecular formula is C17H17BrO2S. The maximum atomic E-state index is 11.1. The van der Waals surface area contributed by atoms with Gasteiger partial charge in [0.15, 0.2) is 0 Å². The van der Waals surface area contributed by atoms with E-state index < -0.39 is 5.97 Å². The molecule has 110 valence electrons. The number of carboxylic acid groups (broad SMARTS) is 1. The van der Waals surface area contributed by atoms with Crippen molar-refractivity contribution in [2.75, 3.05) is 5.75 Å². The lowest BCUT2D eigenvalue weighted by Gasteiger charge is -2.05. The fourth-order valence-electron chi connectivity index (χ4n) is 2.02. The van der Waals surface area contributed by atoms with Gasteiger partial charge in [-0.05, 0) is 64.7 Å². The molecule has 0 aliphatic carbocycles. The van der Waals surface area contributed by atoms with Crippen molar-refractivity contribution in [2.24, 2.45) is 0 Å². The van der Waals surface area contributed by atoms with Crippen LogP contribution in [-0.4, -0.2) is 16.8 Å². The maximum Gasteiger partial charge on any atom is 0.336 e. The number of hydrogen-bond donors (Lipinski definition) is 1. The summed E-state index contributed by atoms with van der Waals surface area (Å²) in [6.45, 7) is 0. The number of halogens is 1. The number of rotatable bonds is 7. The third kappa shape index (κ3) is 5.21. The van der Waals surface area contributed by atoms with Crippen molar-refractivity contribution in [3.63, 3.8) is 0 Å². The van der Waals surface area contributed by atoms with Crippen LogP contribution in [0, 0.1) is 0 Å². The zero-order valence-corrected chi connectivity index (χ0v) is 14.0. The molecule has 0 aliphatic rings. The van der Waals surface area contributed by atoms with Gasteiger partial charge >= 0.3 is 5.97 Å². The van der Waals surface area contributed by atoms with Crippen molar-refractivity contribution in [1.29, 1.82) is 0 Å². The highest BCUT2D eigenvalue weighted by atomic mass is 79.9. The zero-order valence-electron chi connectivity index (χ0n) is 11.6. The quantitative estimate of drug-likeness (QED) is 0.537. The lowest BCUT2D eigenvalue weighted by atomic mass is 10.1. The summed E-state index contributed by atoms with van der Waals surface area (Å²) >= 11 is 4.97. The molecule has 2 nitrogen and oxygen atoms in total. The van der Waals surface area contributed by atoms with Crippen molar-refractivity contribution in [2.45, 2.75) is 24.2 Å². The van der Waals surface area contributed by atoms with Crippen molar-refractivity contribution in [3.8, 4) is 0 Å². The normalized spacial score (nSPS) is 10.5. The molecule has 0 aliphatic heterocycles. The first kappa shape index (κ1) is 16.1. The second-order valence-corrected chi connectivity index (χ2v) is 6.76. The Labute approximate surface area is 137 Å². The van der Waals surface area contributed by atoms with Gasteiger partial charge in [-0.15, -0.1) is 11.8 Å². The van der Waals surface area contributed by atoms with Gasteiger partial charge in [0.25, 0.3) is 0 Å². The molecular weight excluding hydrogens is 348 g/mol. The number of thioether (sulfide) groups is 1. The lowest BCUT2D eigenvalue weighted by molar-refractivity contribution is 0.0695. The predicted octanol–water partition coefficient (Wildman–Crippen LogP) is 5.26. The van der Waals surface area contributed by atoms with Crippen LogP contribution in [0.2, 0.25) is 0 Å². The number of unbranched alkanes of at least 4 members (excludes halogenated alkanes) is 1. The van der Waals surface area contributed by atoms with Crippen LogP contribution in [-0.2, 0) is 6.42 Å². The molecule has 0 spiro atoms. The maximum absolute atomic E-state index is 11.1. The number of aryl methyl sites for hydroxylation is 1. The summed E-state index contributed by atoms with van der Waals surface area (Å²) in [5.41, 5.74) is 1.70. The molecule has 0 heterocycles. The predicted molar refractivity (Wildman–Crippen MR) is 91.2 cm³/mol. The van der Waals surface area contributed by atoms with Crippen LogP contribution in [0.5, 0.6) is 0 Å². The van der Waals surface area contributed by atoms with Gasteiger partial charge in [0.05, 0.1) is 5.56 Å². The Morgan fingerprint density at radius 1 is 1.10 bits per heavy atom. The molecule has 2 aromatic rings. The molecule has 0 saturated heterocycles. The Balaban J connectivity index is 1.76. The standard InChI is InChI=1S/C17H17BrO2S/c18-16-10-9-14(12-15(16)17(19)20)21-11-5-4-8-13-6-2-1-3-7-13/h1-3,6-7,9-10,12H,4-5,8,11H2,(H,19,20). The molecule has 0 aromatic heterocycles. The minimum Gasteiger partial charge on any atom is -0.478 e. The Bertz CT molecular complexity index is 599. The monoisotopic (exact) mass is 364 g/mol. The Morgan fingerprint density at radius 2 is 1.86 bits per heavy atom. The van der Waals surface area contributed by atoms with E-state index in [1.54, 1.807) is 23.9 Å². The minimum atomic E-state index is -0.895. The first-order valence-corrected chi connectivity index (χ1v) is 8.64. The molecule has 0 amide bonds. The molecule has 1 N–H and O–H groups in total. The van der Waals surface area contributed by atoms with E-state index in [2.05, 4.69) is 40.2 Å². The van der Waals surface area contributed by atoms with E-state index in [1.807, 2.05) is 12.1 Å². The van der Waals surface area contributed by atoms with E-state index in [4.69, 9.17) is 5.11 Å². The average molecular weight is 365 g/mol. The van der Waals surface area contributed by atoms with Gasteiger partial charge in [-0.3, -0.25) is 0 Å². The number of benzene rings is 2. The SMILES string of the molecule is O=C(O)c1cc(SCCCCc2ccccc2)ccc1Br. The molecule has 4 heteroatoms. The summed E-state index contributed by atoms with van der Waals surface area (Å²) in [5, 5.41) is 9.09. The highest BCUT2D eigenvalue weighted by Gasteiger charge is 2.09. The number of carboxylic acids is 1. The van der Waals surface area contributed by atoms with Crippen LogP contribution in [0.3, 0.4) is 0 Å². The summed E-state index contributed by atoms with van der Waals surface area (Å²) in [6.07, 6.45) is 3.37. The average Bonchev–Trinajstić information content (AvgIpc) is 2.49. The van der Waals surface area contributed by atoms with Crippen LogP contribution < -0.4 is 0 Å². The third-order valence-corrected chi connectivity index (χ3v) is 4.91. The van der Waals surface area contributed by atoms with Crippen molar-refractivity contribution in [1.82, 2.24) is 0 Å². The van der Waals surface area contributed by atoms with Crippen LogP contribution in [0.25, 0.3) is 0 Å². The van der Waals surface area contributed by atoms with E-state index in [9.17, 15) is 4.79 Å². The van der Waals surface area contributed by atoms with Gasteiger partial charge in [0.2, 0.25) is 0 Å². The van der Waals surface area contributed by atoms with Gasteiger partial charge in [0, 0.05) is 9.37 Å². The van der Waals surface area contributed by atoms with E-state index in [1.165, 1.54) is 5.56 Å². The largest absolute Gasteiger partial charge is 0.478 e. The topological polar surface area (TPSA) is 37.3 Å². The first-order chi connectivity index (χ1) is 10.2. The number of hydrogen-bond acceptors (Lipinski definition) is 2. The molecule has 0 fully saturated rings. The third-order valence-electron chi connectivity index (χ3n) is 3.14. The fraction of sp³-hybridized carbons (Fsp3) is 0.235. The lowest BCUT2D eigenvalue weighted by Crippen LogP contribution is -1.97. The molecule has 0 unspecified atom stereocenters. The van der Waals surface area contributed by atoms with Crippen molar-refractivity contribution in [3.05, 3.63) is 64.1 Å². The molecule has 2 rings (SSSR count). The van der Waals surface area contributed by atoms with E-state index in [0.717, 1.165) is 29.9 Å². The summed E-state index contributed by atoms with van der Waals surface area (Å²) in [6, 6.07) is 16.0. The second kappa shape index (κ2) is 8.25. The van der Waals surface area contributed by atoms with Gasteiger partial charge in [-0.1, -0.05) is 30.3 Å². The Morgan fingerprint density at radius 3 is 2.57 bits per heavy atom. The van der Waals surface area contributed by atoms with E-state index >= 15 is 0 Å². The van der Waals surface area contributed by atoms with Gasteiger partial charge in [0.1, 0.15) is 0 Å². The van der Waals surface area contributed by atoms with Crippen molar-refractivity contribution >= 4 is 33.7 Å². The van der Waals surface area contributed by atoms with E-state index in [0.29, 0.717) is 10.0 Å².